The molecule has 0 amide bonds. The fourth-order valence-electron chi connectivity index (χ4n) is 1.81. The van der Waals surface area contributed by atoms with Crippen LogP contribution in [0.5, 0.6) is 17.2 Å². The maximum atomic E-state index is 13.6. The van der Waals surface area contributed by atoms with E-state index in [1.165, 1.54) is 17.7 Å². The van der Waals surface area contributed by atoms with Gasteiger partial charge >= 0.3 is 0 Å². The lowest BCUT2D eigenvalue weighted by Crippen LogP contribution is -1.99. The second-order valence-corrected chi connectivity index (χ2v) is 4.60. The van der Waals surface area contributed by atoms with Crippen LogP contribution in [0.25, 0.3) is 0 Å². The van der Waals surface area contributed by atoms with Crippen LogP contribution in [0.3, 0.4) is 0 Å². The summed E-state index contributed by atoms with van der Waals surface area (Å²) in [7, 11) is 0. The number of nitrogens with two attached hydrogens (primary N) is 1. The predicted octanol–water partition coefficient (Wildman–Crippen LogP) is 4.22. The average molecular weight is 275 g/mol. The van der Waals surface area contributed by atoms with Gasteiger partial charge in [-0.2, -0.15) is 0 Å². The Labute approximate surface area is 118 Å². The van der Waals surface area contributed by atoms with Gasteiger partial charge in [-0.3, -0.25) is 0 Å². The van der Waals surface area contributed by atoms with Gasteiger partial charge in [0.1, 0.15) is 5.75 Å². The van der Waals surface area contributed by atoms with E-state index < -0.39 is 5.82 Å². The molecule has 0 fully saturated rings. The highest BCUT2D eigenvalue weighted by atomic mass is 19.1. The highest BCUT2D eigenvalue weighted by molar-refractivity contribution is 5.57. The number of hydrogen-bond donors (Lipinski definition) is 1. The lowest BCUT2D eigenvalue weighted by molar-refractivity contribution is 0.319. The van der Waals surface area contributed by atoms with Crippen molar-refractivity contribution in [1.82, 2.24) is 0 Å². The topological polar surface area (TPSA) is 44.5 Å². The summed E-state index contributed by atoms with van der Waals surface area (Å²) in [6.45, 7) is 6.20. The molecular weight excluding hydrogens is 257 g/mol. The fourth-order valence-corrected chi connectivity index (χ4v) is 1.81. The van der Waals surface area contributed by atoms with Crippen LogP contribution in [0.2, 0.25) is 0 Å². The lowest BCUT2D eigenvalue weighted by atomic mass is 10.1. The molecule has 0 aliphatic carbocycles. The number of anilines is 1. The van der Waals surface area contributed by atoms with Crippen molar-refractivity contribution in [2.24, 2.45) is 0 Å². The summed E-state index contributed by atoms with van der Waals surface area (Å²) < 4.78 is 24.5. The third kappa shape index (κ3) is 3.02. The van der Waals surface area contributed by atoms with Crippen LogP contribution in [-0.4, -0.2) is 6.61 Å². The van der Waals surface area contributed by atoms with Crippen LogP contribution in [0.15, 0.2) is 30.3 Å². The normalized spacial score (nSPS) is 10.4. The average Bonchev–Trinajstić information content (AvgIpc) is 2.39. The minimum Gasteiger partial charge on any atom is -0.491 e. The van der Waals surface area contributed by atoms with Crippen molar-refractivity contribution in [2.75, 3.05) is 12.3 Å². The van der Waals surface area contributed by atoms with Crippen molar-refractivity contribution in [1.29, 1.82) is 0 Å². The molecule has 2 rings (SSSR count). The van der Waals surface area contributed by atoms with Crippen molar-refractivity contribution < 1.29 is 13.9 Å². The molecule has 2 N–H and O–H groups in total. The highest BCUT2D eigenvalue weighted by Crippen LogP contribution is 2.34. The van der Waals surface area contributed by atoms with E-state index in [0.29, 0.717) is 18.1 Å². The van der Waals surface area contributed by atoms with E-state index in [-0.39, 0.29) is 11.4 Å². The zero-order valence-electron chi connectivity index (χ0n) is 11.9. The molecule has 0 aliphatic heterocycles. The molecule has 106 valence electrons. The van der Waals surface area contributed by atoms with Crippen LogP contribution in [0.1, 0.15) is 18.1 Å². The van der Waals surface area contributed by atoms with Crippen molar-refractivity contribution in [3.8, 4) is 17.2 Å². The first-order valence-electron chi connectivity index (χ1n) is 6.48. The van der Waals surface area contributed by atoms with Crippen LogP contribution >= 0.6 is 0 Å². The summed E-state index contributed by atoms with van der Waals surface area (Å²) in [4.78, 5) is 0. The van der Waals surface area contributed by atoms with Gasteiger partial charge in [-0.05, 0) is 44.0 Å². The number of rotatable bonds is 4. The summed E-state index contributed by atoms with van der Waals surface area (Å²) in [6.07, 6.45) is 0. The van der Waals surface area contributed by atoms with Crippen molar-refractivity contribution in [3.63, 3.8) is 0 Å². The third-order valence-electron chi connectivity index (χ3n) is 3.07. The van der Waals surface area contributed by atoms with Crippen molar-refractivity contribution in [2.45, 2.75) is 20.8 Å². The number of ether oxygens (including phenoxy) is 2. The van der Waals surface area contributed by atoms with E-state index in [0.717, 1.165) is 5.56 Å². The minimum absolute atomic E-state index is 0.139. The van der Waals surface area contributed by atoms with Crippen LogP contribution in [-0.2, 0) is 0 Å². The summed E-state index contributed by atoms with van der Waals surface area (Å²) in [5, 5.41) is 0. The Bertz CT molecular complexity index is 626. The summed E-state index contributed by atoms with van der Waals surface area (Å²) in [5.41, 5.74) is 8.32. The fraction of sp³-hybridized carbons (Fsp3) is 0.250. The molecular formula is C16H18FNO2. The number of benzene rings is 2. The molecule has 0 aromatic heterocycles. The first-order valence-corrected chi connectivity index (χ1v) is 6.48. The molecule has 4 heteroatoms. The molecule has 0 atom stereocenters. The molecule has 0 saturated carbocycles. The molecule has 0 aliphatic rings. The molecule has 2 aromatic carbocycles. The number of halogens is 1. The Hall–Kier alpha value is -2.23. The van der Waals surface area contributed by atoms with E-state index in [1.54, 1.807) is 6.92 Å². The molecule has 0 saturated heterocycles. The summed E-state index contributed by atoms with van der Waals surface area (Å²) in [6, 6.07) is 8.42. The second kappa shape index (κ2) is 5.82. The van der Waals surface area contributed by atoms with Gasteiger partial charge in [0.25, 0.3) is 0 Å². The first kappa shape index (κ1) is 14.2. The van der Waals surface area contributed by atoms with Gasteiger partial charge in [0.2, 0.25) is 0 Å². The highest BCUT2D eigenvalue weighted by Gasteiger charge is 2.11. The number of aryl methyl sites for hydroxylation is 2. The largest absolute Gasteiger partial charge is 0.491 e. The molecule has 0 bridgehead atoms. The van der Waals surface area contributed by atoms with Gasteiger partial charge in [0.15, 0.2) is 17.3 Å². The monoisotopic (exact) mass is 275 g/mol. The molecule has 3 nitrogen and oxygen atoms in total. The Morgan fingerprint density at radius 3 is 2.45 bits per heavy atom. The zero-order valence-corrected chi connectivity index (χ0v) is 11.9. The standard InChI is InChI=1S/C16H18FNO2/c1-4-19-15-9-16(14(18)8-13(15)17)20-12-6-5-10(2)11(3)7-12/h5-9H,4,18H2,1-3H3. The van der Waals surface area contributed by atoms with Crippen LogP contribution < -0.4 is 15.2 Å². The lowest BCUT2D eigenvalue weighted by Gasteiger charge is -2.12. The molecule has 0 radical (unpaired) electrons. The first-order chi connectivity index (χ1) is 9.51. The van der Waals surface area contributed by atoms with Gasteiger partial charge in [0.05, 0.1) is 12.3 Å². The maximum Gasteiger partial charge on any atom is 0.167 e. The van der Waals surface area contributed by atoms with E-state index in [9.17, 15) is 4.39 Å². The Balaban J connectivity index is 2.32. The Morgan fingerprint density at radius 2 is 1.80 bits per heavy atom. The van der Waals surface area contributed by atoms with Crippen molar-refractivity contribution >= 4 is 5.69 Å². The van der Waals surface area contributed by atoms with Crippen LogP contribution in [0, 0.1) is 19.7 Å². The molecule has 0 spiro atoms. The van der Waals surface area contributed by atoms with Crippen LogP contribution in [0.4, 0.5) is 10.1 Å². The SMILES string of the molecule is CCOc1cc(Oc2ccc(C)c(C)c2)c(N)cc1F. The number of nitrogen functional groups attached to an aromatic ring is 1. The Kier molecular flexibility index (Phi) is 4.13. The van der Waals surface area contributed by atoms with Crippen molar-refractivity contribution in [3.05, 3.63) is 47.3 Å². The van der Waals surface area contributed by atoms with E-state index >= 15 is 0 Å². The number of hydrogen-bond acceptors (Lipinski definition) is 3. The van der Waals surface area contributed by atoms with E-state index in [4.69, 9.17) is 15.2 Å². The Morgan fingerprint density at radius 1 is 1.05 bits per heavy atom. The van der Waals surface area contributed by atoms with Gasteiger partial charge in [-0.15, -0.1) is 0 Å². The molecule has 0 heterocycles. The second-order valence-electron chi connectivity index (χ2n) is 4.60. The minimum atomic E-state index is -0.489. The van der Waals surface area contributed by atoms with E-state index in [1.807, 2.05) is 32.0 Å². The van der Waals surface area contributed by atoms with E-state index in [2.05, 4.69) is 0 Å². The summed E-state index contributed by atoms with van der Waals surface area (Å²) in [5.74, 6) is 0.698. The molecule has 20 heavy (non-hydrogen) atoms. The molecule has 2 aromatic rings. The van der Waals surface area contributed by atoms with Gasteiger partial charge < -0.3 is 15.2 Å². The van der Waals surface area contributed by atoms with Gasteiger partial charge in [-0.25, -0.2) is 4.39 Å². The van der Waals surface area contributed by atoms with Gasteiger partial charge in [0, 0.05) is 12.1 Å². The smallest absolute Gasteiger partial charge is 0.167 e. The summed E-state index contributed by atoms with van der Waals surface area (Å²) >= 11 is 0. The molecule has 0 unspecified atom stereocenters. The zero-order chi connectivity index (χ0) is 14.7. The predicted molar refractivity (Wildman–Crippen MR) is 78.0 cm³/mol. The maximum absolute atomic E-state index is 13.6. The van der Waals surface area contributed by atoms with Gasteiger partial charge in [-0.1, -0.05) is 6.07 Å². The third-order valence-corrected chi connectivity index (χ3v) is 3.07. The quantitative estimate of drug-likeness (QED) is 0.850.